The summed E-state index contributed by atoms with van der Waals surface area (Å²) in [6.07, 6.45) is 0.532. The second-order valence-corrected chi connectivity index (χ2v) is 7.04. The molecular formula is C18H28N2O3. The summed E-state index contributed by atoms with van der Waals surface area (Å²) in [6.45, 7) is 8.19. The molecule has 23 heavy (non-hydrogen) atoms. The Hall–Kier alpha value is -1.59. The Morgan fingerprint density at radius 2 is 2.00 bits per heavy atom. The van der Waals surface area contributed by atoms with Crippen molar-refractivity contribution in [3.63, 3.8) is 0 Å². The maximum absolute atomic E-state index is 12.0. The highest BCUT2D eigenvalue weighted by atomic mass is 16.6. The van der Waals surface area contributed by atoms with Crippen molar-refractivity contribution in [3.8, 4) is 0 Å². The van der Waals surface area contributed by atoms with Gasteiger partial charge in [0.25, 0.3) is 0 Å². The highest BCUT2D eigenvalue weighted by molar-refractivity contribution is 5.68. The molecule has 0 aromatic heterocycles. The van der Waals surface area contributed by atoms with Crippen LogP contribution in [0.1, 0.15) is 32.8 Å². The van der Waals surface area contributed by atoms with Gasteiger partial charge in [0.1, 0.15) is 5.60 Å². The predicted molar refractivity (Wildman–Crippen MR) is 90.3 cm³/mol. The van der Waals surface area contributed by atoms with E-state index in [0.29, 0.717) is 0 Å². The molecule has 1 aromatic carbocycles. The highest BCUT2D eigenvalue weighted by Crippen LogP contribution is 2.17. The molecule has 1 N–H and O–H groups in total. The van der Waals surface area contributed by atoms with Crippen molar-refractivity contribution in [1.82, 2.24) is 10.2 Å². The fourth-order valence-corrected chi connectivity index (χ4v) is 2.86. The second kappa shape index (κ2) is 7.79. The van der Waals surface area contributed by atoms with Gasteiger partial charge in [-0.25, -0.2) is 4.79 Å². The van der Waals surface area contributed by atoms with Gasteiger partial charge in [0.05, 0.1) is 12.1 Å². The number of piperidine rings is 1. The van der Waals surface area contributed by atoms with Gasteiger partial charge >= 0.3 is 6.09 Å². The van der Waals surface area contributed by atoms with Crippen molar-refractivity contribution in [2.24, 2.45) is 0 Å². The van der Waals surface area contributed by atoms with E-state index in [1.807, 2.05) is 39.0 Å². The lowest BCUT2D eigenvalue weighted by atomic mass is 10.0. The molecule has 2 rings (SSSR count). The maximum atomic E-state index is 12.0. The van der Waals surface area contributed by atoms with Crippen molar-refractivity contribution in [1.29, 1.82) is 0 Å². The van der Waals surface area contributed by atoms with Crippen LogP contribution in [0.3, 0.4) is 0 Å². The minimum absolute atomic E-state index is 0.0227. The zero-order chi connectivity index (χ0) is 16.9. The third-order valence-corrected chi connectivity index (χ3v) is 3.89. The first-order valence-electron chi connectivity index (χ1n) is 8.16. The van der Waals surface area contributed by atoms with E-state index in [4.69, 9.17) is 9.47 Å². The maximum Gasteiger partial charge on any atom is 0.408 e. The summed E-state index contributed by atoms with van der Waals surface area (Å²) in [4.78, 5) is 14.4. The first kappa shape index (κ1) is 17.8. The fourth-order valence-electron chi connectivity index (χ4n) is 2.86. The zero-order valence-electron chi connectivity index (χ0n) is 14.5. The Kier molecular flexibility index (Phi) is 6.02. The summed E-state index contributed by atoms with van der Waals surface area (Å²) in [5.74, 6) is 0. The van der Waals surface area contributed by atoms with Gasteiger partial charge in [-0.3, -0.25) is 4.90 Å². The van der Waals surface area contributed by atoms with Gasteiger partial charge in [0.2, 0.25) is 0 Å². The molecule has 1 aliphatic rings. The summed E-state index contributed by atoms with van der Waals surface area (Å²) < 4.78 is 10.9. The number of carbonyl (C=O) groups is 1. The number of amides is 1. The van der Waals surface area contributed by atoms with E-state index in [1.165, 1.54) is 5.56 Å². The molecule has 0 unspecified atom stereocenters. The van der Waals surface area contributed by atoms with Crippen LogP contribution in [0.4, 0.5) is 4.79 Å². The lowest BCUT2D eigenvalue weighted by Crippen LogP contribution is -2.56. The van der Waals surface area contributed by atoms with Crippen LogP contribution in [0.2, 0.25) is 0 Å². The van der Waals surface area contributed by atoms with Crippen LogP contribution in [-0.4, -0.2) is 48.9 Å². The number of rotatable bonds is 4. The Labute approximate surface area is 139 Å². The monoisotopic (exact) mass is 320 g/mol. The van der Waals surface area contributed by atoms with Crippen LogP contribution >= 0.6 is 0 Å². The minimum Gasteiger partial charge on any atom is -0.444 e. The number of likely N-dealkylation sites (tertiary alicyclic amines) is 1. The Morgan fingerprint density at radius 3 is 2.61 bits per heavy atom. The van der Waals surface area contributed by atoms with Gasteiger partial charge in [-0.05, 0) is 32.8 Å². The van der Waals surface area contributed by atoms with E-state index in [9.17, 15) is 4.79 Å². The van der Waals surface area contributed by atoms with Gasteiger partial charge in [-0.15, -0.1) is 0 Å². The van der Waals surface area contributed by atoms with E-state index in [-0.39, 0.29) is 18.2 Å². The van der Waals surface area contributed by atoms with Crippen LogP contribution in [0.15, 0.2) is 30.3 Å². The summed E-state index contributed by atoms with van der Waals surface area (Å²) in [6, 6.07) is 10.3. The summed E-state index contributed by atoms with van der Waals surface area (Å²) in [5, 5.41) is 2.96. The molecular weight excluding hydrogens is 292 g/mol. The van der Waals surface area contributed by atoms with E-state index >= 15 is 0 Å². The number of benzene rings is 1. The fraction of sp³-hybridized carbons (Fsp3) is 0.611. The smallest absolute Gasteiger partial charge is 0.408 e. The SMILES string of the molecule is CO[C@H]1CCN(Cc2ccccc2)C[C@@H]1NC(=O)OC(C)(C)C. The Balaban J connectivity index is 1.94. The van der Waals surface area contributed by atoms with E-state index in [0.717, 1.165) is 26.1 Å². The first-order chi connectivity index (χ1) is 10.9. The zero-order valence-corrected chi connectivity index (χ0v) is 14.5. The molecule has 1 aromatic rings. The molecule has 0 saturated carbocycles. The molecule has 0 aliphatic carbocycles. The van der Waals surface area contributed by atoms with E-state index in [2.05, 4.69) is 22.3 Å². The molecule has 5 nitrogen and oxygen atoms in total. The number of methoxy groups -OCH3 is 1. The Morgan fingerprint density at radius 1 is 1.30 bits per heavy atom. The molecule has 5 heteroatoms. The van der Waals surface area contributed by atoms with Crippen molar-refractivity contribution in [2.45, 2.75) is 51.5 Å². The van der Waals surface area contributed by atoms with Crippen LogP contribution < -0.4 is 5.32 Å². The van der Waals surface area contributed by atoms with Gasteiger partial charge in [0.15, 0.2) is 0 Å². The number of nitrogens with zero attached hydrogens (tertiary/aromatic N) is 1. The largest absolute Gasteiger partial charge is 0.444 e. The molecule has 1 saturated heterocycles. The molecule has 1 heterocycles. The van der Waals surface area contributed by atoms with Crippen LogP contribution in [0.5, 0.6) is 0 Å². The first-order valence-corrected chi connectivity index (χ1v) is 8.16. The highest BCUT2D eigenvalue weighted by Gasteiger charge is 2.31. The standard InChI is InChI=1S/C18H28N2O3/c1-18(2,3)23-17(21)19-15-13-20(11-10-16(15)22-4)12-14-8-6-5-7-9-14/h5-9,15-16H,10-13H2,1-4H3,(H,19,21)/t15-,16-/m0/s1. The Bertz CT molecular complexity index is 499. The van der Waals surface area contributed by atoms with Crippen molar-refractivity contribution >= 4 is 6.09 Å². The van der Waals surface area contributed by atoms with Crippen LogP contribution in [0.25, 0.3) is 0 Å². The van der Waals surface area contributed by atoms with Gasteiger partial charge in [-0.2, -0.15) is 0 Å². The van der Waals surface area contributed by atoms with Crippen LogP contribution in [0, 0.1) is 0 Å². The number of carbonyl (C=O) groups excluding carboxylic acids is 1. The van der Waals surface area contributed by atoms with Crippen molar-refractivity contribution in [2.75, 3.05) is 20.2 Å². The second-order valence-electron chi connectivity index (χ2n) is 7.04. The molecule has 0 spiro atoms. The normalized spacial score (nSPS) is 22.6. The van der Waals surface area contributed by atoms with Gasteiger partial charge < -0.3 is 14.8 Å². The molecule has 0 bridgehead atoms. The summed E-state index contributed by atoms with van der Waals surface area (Å²) >= 11 is 0. The summed E-state index contributed by atoms with van der Waals surface area (Å²) in [7, 11) is 1.70. The topological polar surface area (TPSA) is 50.8 Å². The average molecular weight is 320 g/mol. The lowest BCUT2D eigenvalue weighted by Gasteiger charge is -2.38. The average Bonchev–Trinajstić information content (AvgIpc) is 2.46. The lowest BCUT2D eigenvalue weighted by molar-refractivity contribution is 0.000217. The van der Waals surface area contributed by atoms with E-state index in [1.54, 1.807) is 7.11 Å². The molecule has 1 aliphatic heterocycles. The molecule has 0 radical (unpaired) electrons. The number of hydrogen-bond acceptors (Lipinski definition) is 4. The number of nitrogens with one attached hydrogen (secondary N) is 1. The van der Waals surface area contributed by atoms with Gasteiger partial charge in [0, 0.05) is 26.7 Å². The molecule has 128 valence electrons. The third-order valence-electron chi connectivity index (χ3n) is 3.89. The summed E-state index contributed by atoms with van der Waals surface area (Å²) in [5.41, 5.74) is 0.782. The number of hydrogen-bond donors (Lipinski definition) is 1. The van der Waals surface area contributed by atoms with Gasteiger partial charge in [-0.1, -0.05) is 30.3 Å². The third kappa shape index (κ3) is 5.84. The molecule has 1 fully saturated rings. The molecule has 2 atom stereocenters. The van der Waals surface area contributed by atoms with Crippen LogP contribution in [-0.2, 0) is 16.0 Å². The quantitative estimate of drug-likeness (QED) is 0.927. The predicted octanol–water partition coefficient (Wildman–Crippen LogP) is 2.80. The minimum atomic E-state index is -0.495. The number of ether oxygens (including phenoxy) is 2. The van der Waals surface area contributed by atoms with E-state index < -0.39 is 5.60 Å². The van der Waals surface area contributed by atoms with Crippen molar-refractivity contribution < 1.29 is 14.3 Å². The van der Waals surface area contributed by atoms with Crippen molar-refractivity contribution in [3.05, 3.63) is 35.9 Å². The molecule has 1 amide bonds. The number of alkyl carbamates (subject to hydrolysis) is 1.